The van der Waals surface area contributed by atoms with Crippen molar-refractivity contribution in [3.8, 4) is 0 Å². The van der Waals surface area contributed by atoms with Crippen LogP contribution in [-0.4, -0.2) is 5.91 Å². The summed E-state index contributed by atoms with van der Waals surface area (Å²) in [6.07, 6.45) is 3.25. The lowest BCUT2D eigenvalue weighted by Gasteiger charge is -2.18. The Morgan fingerprint density at radius 2 is 2.00 bits per heavy atom. The van der Waals surface area contributed by atoms with E-state index in [9.17, 15) is 4.79 Å². The summed E-state index contributed by atoms with van der Waals surface area (Å²) in [7, 11) is 0. The zero-order chi connectivity index (χ0) is 15.1. The van der Waals surface area contributed by atoms with Gasteiger partial charge in [0.05, 0.1) is 10.4 Å². The van der Waals surface area contributed by atoms with Crippen molar-refractivity contribution >= 4 is 28.8 Å². The van der Waals surface area contributed by atoms with Gasteiger partial charge in [-0.2, -0.15) is 0 Å². The van der Waals surface area contributed by atoms with Crippen LogP contribution in [0.1, 0.15) is 42.7 Å². The molecule has 0 fully saturated rings. The third-order valence-electron chi connectivity index (χ3n) is 3.34. The molecule has 0 radical (unpaired) electrons. The fourth-order valence-corrected chi connectivity index (χ4v) is 3.37. The van der Waals surface area contributed by atoms with Crippen molar-refractivity contribution in [3.63, 3.8) is 0 Å². The molecule has 2 nitrogen and oxygen atoms in total. The molecule has 4 heteroatoms. The average Bonchev–Trinajstić information content (AvgIpc) is 2.91. The Balaban J connectivity index is 1.89. The monoisotopic (exact) mass is 321 g/mol. The fraction of sp³-hybridized carbons (Fsp3) is 0.353. The van der Waals surface area contributed by atoms with Gasteiger partial charge in [0.2, 0.25) is 5.91 Å². The van der Waals surface area contributed by atoms with Gasteiger partial charge in [0.25, 0.3) is 0 Å². The maximum atomic E-state index is 12.1. The molecule has 0 aliphatic carbocycles. The van der Waals surface area contributed by atoms with E-state index >= 15 is 0 Å². The number of benzene rings is 1. The van der Waals surface area contributed by atoms with Crippen molar-refractivity contribution < 1.29 is 4.79 Å². The summed E-state index contributed by atoms with van der Waals surface area (Å²) in [5, 5.41) is 3.14. The summed E-state index contributed by atoms with van der Waals surface area (Å²) >= 11 is 7.44. The van der Waals surface area contributed by atoms with Crippen molar-refractivity contribution in [2.24, 2.45) is 0 Å². The van der Waals surface area contributed by atoms with Crippen LogP contribution < -0.4 is 5.32 Å². The molecule has 1 aromatic carbocycles. The van der Waals surface area contributed by atoms with E-state index in [-0.39, 0.29) is 11.9 Å². The number of hydrogen-bond acceptors (Lipinski definition) is 2. The third-order valence-corrected chi connectivity index (χ3v) is 4.63. The number of carbonyl (C=O) groups is 1. The number of carbonyl (C=O) groups excluding carboxylic acids is 1. The number of thiophene rings is 1. The van der Waals surface area contributed by atoms with Crippen LogP contribution in [0, 0.1) is 0 Å². The van der Waals surface area contributed by atoms with Crippen LogP contribution in [0.25, 0.3) is 0 Å². The molecule has 0 bridgehead atoms. The van der Waals surface area contributed by atoms with Crippen molar-refractivity contribution in [2.45, 2.75) is 38.6 Å². The molecule has 1 heterocycles. The van der Waals surface area contributed by atoms with Gasteiger partial charge in [0, 0.05) is 11.3 Å². The highest BCUT2D eigenvalue weighted by Crippen LogP contribution is 2.23. The highest BCUT2D eigenvalue weighted by Gasteiger charge is 2.13. The molecule has 21 heavy (non-hydrogen) atoms. The van der Waals surface area contributed by atoms with Crippen molar-refractivity contribution in [1.29, 1.82) is 0 Å². The number of rotatable bonds is 7. The van der Waals surface area contributed by atoms with Crippen LogP contribution in [0.5, 0.6) is 0 Å². The predicted molar refractivity (Wildman–Crippen MR) is 89.9 cm³/mol. The van der Waals surface area contributed by atoms with E-state index in [0.717, 1.165) is 28.5 Å². The van der Waals surface area contributed by atoms with E-state index in [4.69, 9.17) is 11.6 Å². The SMILES string of the molecule is CCCC(NC(=O)CCc1ccc(Cl)s1)c1ccccc1. The maximum absolute atomic E-state index is 12.1. The summed E-state index contributed by atoms with van der Waals surface area (Å²) in [6.45, 7) is 2.13. The lowest BCUT2D eigenvalue weighted by atomic mass is 10.0. The van der Waals surface area contributed by atoms with Gasteiger partial charge in [-0.15, -0.1) is 11.3 Å². The number of hydrogen-bond donors (Lipinski definition) is 1. The molecule has 1 amide bonds. The van der Waals surface area contributed by atoms with Crippen LogP contribution in [0.4, 0.5) is 0 Å². The molecule has 0 aliphatic rings. The van der Waals surface area contributed by atoms with Crippen LogP contribution in [0.3, 0.4) is 0 Å². The molecular formula is C17H20ClNOS. The standard InChI is InChI=1S/C17H20ClNOS/c1-2-6-15(13-7-4-3-5-8-13)19-17(20)12-10-14-9-11-16(18)21-14/h3-5,7-9,11,15H,2,6,10,12H2,1H3,(H,19,20). The zero-order valence-corrected chi connectivity index (χ0v) is 13.7. The predicted octanol–water partition coefficient (Wildman–Crippen LogP) is 4.99. The van der Waals surface area contributed by atoms with Gasteiger partial charge in [0.15, 0.2) is 0 Å². The van der Waals surface area contributed by atoms with E-state index in [1.54, 1.807) is 11.3 Å². The first kappa shape index (κ1) is 16.1. The van der Waals surface area contributed by atoms with Crippen LogP contribution >= 0.6 is 22.9 Å². The molecule has 112 valence electrons. The lowest BCUT2D eigenvalue weighted by molar-refractivity contribution is -0.121. The molecule has 1 aromatic heterocycles. The highest BCUT2D eigenvalue weighted by atomic mass is 35.5. The van der Waals surface area contributed by atoms with E-state index in [1.165, 1.54) is 5.56 Å². The van der Waals surface area contributed by atoms with E-state index in [1.807, 2.05) is 30.3 Å². The van der Waals surface area contributed by atoms with Gasteiger partial charge in [-0.1, -0.05) is 55.3 Å². The van der Waals surface area contributed by atoms with Crippen LogP contribution in [0.15, 0.2) is 42.5 Å². The van der Waals surface area contributed by atoms with Gasteiger partial charge >= 0.3 is 0 Å². The minimum absolute atomic E-state index is 0.0989. The molecule has 0 spiro atoms. The van der Waals surface area contributed by atoms with Crippen LogP contribution in [0.2, 0.25) is 4.34 Å². The summed E-state index contributed by atoms with van der Waals surface area (Å²) in [4.78, 5) is 13.3. The van der Waals surface area contributed by atoms with Crippen LogP contribution in [-0.2, 0) is 11.2 Å². The largest absolute Gasteiger partial charge is 0.349 e. The van der Waals surface area contributed by atoms with Gasteiger partial charge in [-0.05, 0) is 30.5 Å². The normalized spacial score (nSPS) is 12.1. The second-order valence-corrected chi connectivity index (χ2v) is 6.82. The van der Waals surface area contributed by atoms with Gasteiger partial charge in [-0.3, -0.25) is 4.79 Å². The summed E-state index contributed by atoms with van der Waals surface area (Å²) in [5.74, 6) is 0.0989. The molecule has 0 saturated heterocycles. The first-order valence-electron chi connectivity index (χ1n) is 7.27. The lowest BCUT2D eigenvalue weighted by Crippen LogP contribution is -2.28. The molecule has 2 rings (SSSR count). The smallest absolute Gasteiger partial charge is 0.220 e. The second kappa shape index (κ2) is 8.20. The zero-order valence-electron chi connectivity index (χ0n) is 12.1. The number of halogens is 1. The third kappa shape index (κ3) is 5.18. The van der Waals surface area contributed by atoms with E-state index in [2.05, 4.69) is 24.4 Å². The average molecular weight is 322 g/mol. The topological polar surface area (TPSA) is 29.1 Å². The van der Waals surface area contributed by atoms with Crippen molar-refractivity contribution in [3.05, 3.63) is 57.2 Å². The summed E-state index contributed by atoms with van der Waals surface area (Å²) in [5.41, 5.74) is 1.17. The molecule has 1 atom stereocenters. The Morgan fingerprint density at radius 3 is 2.62 bits per heavy atom. The Labute approximate surface area is 135 Å². The number of nitrogens with one attached hydrogen (secondary N) is 1. The molecule has 1 unspecified atom stereocenters. The van der Waals surface area contributed by atoms with E-state index in [0.29, 0.717) is 6.42 Å². The minimum Gasteiger partial charge on any atom is -0.349 e. The molecular weight excluding hydrogens is 302 g/mol. The molecule has 2 aromatic rings. The Kier molecular flexibility index (Phi) is 6.27. The van der Waals surface area contributed by atoms with E-state index < -0.39 is 0 Å². The summed E-state index contributed by atoms with van der Waals surface area (Å²) in [6, 6.07) is 14.1. The maximum Gasteiger partial charge on any atom is 0.220 e. The van der Waals surface area contributed by atoms with Gasteiger partial charge in [-0.25, -0.2) is 0 Å². The van der Waals surface area contributed by atoms with Crippen molar-refractivity contribution in [2.75, 3.05) is 0 Å². The first-order valence-corrected chi connectivity index (χ1v) is 8.47. The number of amides is 1. The number of aryl methyl sites for hydroxylation is 1. The summed E-state index contributed by atoms with van der Waals surface area (Å²) < 4.78 is 0.776. The van der Waals surface area contributed by atoms with Crippen molar-refractivity contribution in [1.82, 2.24) is 5.32 Å². The van der Waals surface area contributed by atoms with Gasteiger partial charge in [0.1, 0.15) is 0 Å². The Bertz CT molecular complexity index is 567. The minimum atomic E-state index is 0.0989. The highest BCUT2D eigenvalue weighted by molar-refractivity contribution is 7.16. The molecule has 0 aliphatic heterocycles. The quantitative estimate of drug-likeness (QED) is 0.764. The molecule has 1 N–H and O–H groups in total. The second-order valence-electron chi connectivity index (χ2n) is 5.03. The molecule has 0 saturated carbocycles. The first-order chi connectivity index (χ1) is 10.2. The fourth-order valence-electron chi connectivity index (χ4n) is 2.29. The Morgan fingerprint density at radius 1 is 1.24 bits per heavy atom. The Hall–Kier alpha value is -1.32. The van der Waals surface area contributed by atoms with Gasteiger partial charge < -0.3 is 5.32 Å².